The summed E-state index contributed by atoms with van der Waals surface area (Å²) in [5.74, 6) is -0.738. The van der Waals surface area contributed by atoms with Crippen molar-refractivity contribution < 1.29 is 10.0 Å². The zero-order valence-electron chi connectivity index (χ0n) is 18.7. The van der Waals surface area contributed by atoms with Gasteiger partial charge >= 0.3 is 0 Å². The molecule has 33 heavy (non-hydrogen) atoms. The maximum atomic E-state index is 13.1. The molecule has 5 aromatic rings. The Balaban J connectivity index is 1.75. The molecule has 0 spiro atoms. The van der Waals surface area contributed by atoms with Crippen LogP contribution in [0.25, 0.3) is 32.9 Å². The summed E-state index contributed by atoms with van der Waals surface area (Å²) in [5, 5.41) is 12.9. The van der Waals surface area contributed by atoms with Gasteiger partial charge in [-0.05, 0) is 45.5 Å². The number of hydrogen-bond acceptors (Lipinski definition) is 2. The molecular formula is C29H26N2O2. The van der Waals surface area contributed by atoms with Gasteiger partial charge in [0.2, 0.25) is 0 Å². The first-order valence-electron chi connectivity index (χ1n) is 11.2. The van der Waals surface area contributed by atoms with Gasteiger partial charge in [0, 0.05) is 16.5 Å². The largest absolute Gasteiger partial charge is 0.354 e. The molecule has 0 fully saturated rings. The van der Waals surface area contributed by atoms with Gasteiger partial charge in [0.05, 0.1) is 11.6 Å². The summed E-state index contributed by atoms with van der Waals surface area (Å²) in [4.78, 5) is 16.6. The number of H-pyrrole nitrogens is 1. The number of fused-ring (bicyclic) bond motifs is 2. The Hall–Kier alpha value is -3.89. The second-order valence-electron chi connectivity index (χ2n) is 8.75. The first-order valence-corrected chi connectivity index (χ1v) is 11.2. The van der Waals surface area contributed by atoms with E-state index in [1.807, 2.05) is 54.0 Å². The lowest BCUT2D eigenvalue weighted by Gasteiger charge is -2.18. The van der Waals surface area contributed by atoms with Crippen molar-refractivity contribution in [1.82, 2.24) is 10.5 Å². The maximum absolute atomic E-state index is 13.1. The van der Waals surface area contributed by atoms with Gasteiger partial charge in [-0.2, -0.15) is 0 Å². The molecule has 4 aromatic carbocycles. The van der Waals surface area contributed by atoms with Crippen LogP contribution in [0.1, 0.15) is 42.4 Å². The molecule has 1 atom stereocenters. The fourth-order valence-corrected chi connectivity index (χ4v) is 4.62. The minimum atomic E-state index is -0.672. The van der Waals surface area contributed by atoms with E-state index < -0.39 is 11.8 Å². The fraction of sp³-hybridized carbons (Fsp3) is 0.138. The number of benzene rings is 4. The number of carbonyl (C=O) groups is 1. The number of aromatic amines is 1. The van der Waals surface area contributed by atoms with Crippen molar-refractivity contribution in [2.24, 2.45) is 0 Å². The highest BCUT2D eigenvalue weighted by molar-refractivity contribution is 6.00. The topological polar surface area (TPSA) is 65.1 Å². The monoisotopic (exact) mass is 434 g/mol. The number of nitrogens with one attached hydrogen (secondary N) is 2. The first-order chi connectivity index (χ1) is 16.1. The number of para-hydroxylation sites is 1. The summed E-state index contributed by atoms with van der Waals surface area (Å²) in [6.07, 6.45) is 0. The van der Waals surface area contributed by atoms with Crippen molar-refractivity contribution in [3.8, 4) is 11.3 Å². The summed E-state index contributed by atoms with van der Waals surface area (Å²) in [5.41, 5.74) is 7.62. The lowest BCUT2D eigenvalue weighted by atomic mass is 9.86. The van der Waals surface area contributed by atoms with E-state index in [0.29, 0.717) is 5.92 Å². The summed E-state index contributed by atoms with van der Waals surface area (Å²) >= 11 is 0. The zero-order valence-corrected chi connectivity index (χ0v) is 18.7. The molecule has 1 heterocycles. The third-order valence-electron chi connectivity index (χ3n) is 6.38. The van der Waals surface area contributed by atoms with Crippen molar-refractivity contribution >= 4 is 27.6 Å². The van der Waals surface area contributed by atoms with Crippen LogP contribution in [-0.4, -0.2) is 16.1 Å². The summed E-state index contributed by atoms with van der Waals surface area (Å²) in [6.45, 7) is 4.29. The average Bonchev–Trinajstić information content (AvgIpc) is 3.23. The fourth-order valence-electron chi connectivity index (χ4n) is 4.62. The normalized spacial score (nSPS) is 12.4. The number of rotatable bonds is 5. The number of aromatic nitrogens is 1. The predicted octanol–water partition coefficient (Wildman–Crippen LogP) is 6.75. The highest BCUT2D eigenvalue weighted by atomic mass is 16.5. The number of hydroxylamine groups is 1. The van der Waals surface area contributed by atoms with Crippen LogP contribution in [0.15, 0.2) is 91.0 Å². The quantitative estimate of drug-likeness (QED) is 0.212. The first kappa shape index (κ1) is 21.0. The van der Waals surface area contributed by atoms with Crippen LogP contribution in [0.5, 0.6) is 0 Å². The Kier molecular flexibility index (Phi) is 5.45. The van der Waals surface area contributed by atoms with Gasteiger partial charge in [-0.25, -0.2) is 5.48 Å². The van der Waals surface area contributed by atoms with Crippen molar-refractivity contribution in [3.63, 3.8) is 0 Å². The van der Waals surface area contributed by atoms with Crippen LogP contribution in [0.2, 0.25) is 0 Å². The van der Waals surface area contributed by atoms with E-state index in [2.05, 4.69) is 61.3 Å². The third-order valence-corrected chi connectivity index (χ3v) is 6.38. The minimum Gasteiger partial charge on any atom is -0.354 e. The van der Waals surface area contributed by atoms with Crippen molar-refractivity contribution in [1.29, 1.82) is 0 Å². The van der Waals surface area contributed by atoms with Crippen molar-refractivity contribution in [2.75, 3.05) is 0 Å². The standard InChI is InChI=1S/C29H26N2O2/c1-18(2)19-11-14-21(15-12-19)26(29(32)31-33)27-24-9-5-6-10-25(24)30-28(27)23-16-13-20-7-3-4-8-22(20)17-23/h3-18,26,30,33H,1-2H3,(H,31,32). The van der Waals surface area contributed by atoms with E-state index in [0.717, 1.165) is 44.1 Å². The molecule has 3 N–H and O–H groups in total. The number of hydrogen-bond donors (Lipinski definition) is 3. The van der Waals surface area contributed by atoms with Crippen LogP contribution in [0.4, 0.5) is 0 Å². The summed E-state index contributed by atoms with van der Waals surface area (Å²) in [6, 6.07) is 30.6. The molecule has 4 nitrogen and oxygen atoms in total. The Bertz CT molecular complexity index is 1450. The van der Waals surface area contributed by atoms with Crippen LogP contribution in [-0.2, 0) is 4.79 Å². The highest BCUT2D eigenvalue weighted by Gasteiger charge is 2.29. The van der Waals surface area contributed by atoms with Crippen molar-refractivity contribution in [2.45, 2.75) is 25.7 Å². The molecule has 0 radical (unpaired) electrons. The molecule has 1 amide bonds. The zero-order chi connectivity index (χ0) is 22.9. The van der Waals surface area contributed by atoms with E-state index in [9.17, 15) is 10.0 Å². The van der Waals surface area contributed by atoms with Crippen LogP contribution < -0.4 is 5.48 Å². The van der Waals surface area contributed by atoms with E-state index in [1.54, 1.807) is 0 Å². The summed E-state index contributed by atoms with van der Waals surface area (Å²) < 4.78 is 0. The Morgan fingerprint density at radius 1 is 0.818 bits per heavy atom. The minimum absolute atomic E-state index is 0.394. The van der Waals surface area contributed by atoms with Gasteiger partial charge in [0.25, 0.3) is 5.91 Å². The molecule has 4 heteroatoms. The van der Waals surface area contributed by atoms with Gasteiger partial charge in [0.15, 0.2) is 0 Å². The molecule has 0 aliphatic rings. The molecule has 0 bridgehead atoms. The predicted molar refractivity (Wildman–Crippen MR) is 134 cm³/mol. The molecule has 164 valence electrons. The van der Waals surface area contributed by atoms with E-state index in [-0.39, 0.29) is 0 Å². The molecule has 0 aliphatic heterocycles. The Labute approximate surface area is 192 Å². The van der Waals surface area contributed by atoms with E-state index >= 15 is 0 Å². The van der Waals surface area contributed by atoms with Gasteiger partial charge in [0.1, 0.15) is 0 Å². The van der Waals surface area contributed by atoms with Gasteiger partial charge in [-0.1, -0.05) is 92.7 Å². The second kappa shape index (κ2) is 8.57. The number of amides is 1. The average molecular weight is 435 g/mol. The number of carbonyl (C=O) groups excluding carboxylic acids is 1. The lowest BCUT2D eigenvalue weighted by Crippen LogP contribution is -2.27. The van der Waals surface area contributed by atoms with Crippen LogP contribution in [0, 0.1) is 0 Å². The summed E-state index contributed by atoms with van der Waals surface area (Å²) in [7, 11) is 0. The van der Waals surface area contributed by atoms with E-state index in [1.165, 1.54) is 5.56 Å². The SMILES string of the molecule is CC(C)c1ccc(C(C(=O)NO)c2c(-c3ccc4ccccc4c3)[nH]c3ccccc23)cc1. The second-order valence-corrected chi connectivity index (χ2v) is 8.75. The third kappa shape index (κ3) is 3.79. The van der Waals surface area contributed by atoms with Crippen LogP contribution in [0.3, 0.4) is 0 Å². The molecule has 0 aliphatic carbocycles. The van der Waals surface area contributed by atoms with Crippen molar-refractivity contribution in [3.05, 3.63) is 108 Å². The maximum Gasteiger partial charge on any atom is 0.255 e. The molecule has 1 unspecified atom stereocenters. The van der Waals surface area contributed by atoms with Gasteiger partial charge < -0.3 is 4.98 Å². The smallest absolute Gasteiger partial charge is 0.255 e. The molecular weight excluding hydrogens is 408 g/mol. The van der Waals surface area contributed by atoms with Gasteiger partial charge in [-0.15, -0.1) is 0 Å². The molecule has 5 rings (SSSR count). The molecule has 0 saturated heterocycles. The molecule has 1 aromatic heterocycles. The Morgan fingerprint density at radius 2 is 1.48 bits per heavy atom. The highest BCUT2D eigenvalue weighted by Crippen LogP contribution is 2.40. The van der Waals surface area contributed by atoms with Crippen LogP contribution >= 0.6 is 0 Å². The van der Waals surface area contributed by atoms with E-state index in [4.69, 9.17) is 0 Å². The Morgan fingerprint density at radius 3 is 2.21 bits per heavy atom. The lowest BCUT2D eigenvalue weighted by molar-refractivity contribution is -0.129. The van der Waals surface area contributed by atoms with Gasteiger partial charge in [-0.3, -0.25) is 10.0 Å². The molecule has 0 saturated carbocycles.